The van der Waals surface area contributed by atoms with Crippen LogP contribution in [0.2, 0.25) is 0 Å². The Morgan fingerprint density at radius 2 is 1.78 bits per heavy atom. The average Bonchev–Trinajstić information content (AvgIpc) is 2.54. The van der Waals surface area contributed by atoms with Crippen molar-refractivity contribution in [3.63, 3.8) is 0 Å². The molecule has 122 valence electrons. The van der Waals surface area contributed by atoms with Gasteiger partial charge in [0.05, 0.1) is 13.5 Å². The lowest BCUT2D eigenvalue weighted by atomic mass is 9.95. The molecule has 2 aromatic carbocycles. The Morgan fingerprint density at radius 3 is 2.30 bits per heavy atom. The Hall–Kier alpha value is -2.01. The van der Waals surface area contributed by atoms with Gasteiger partial charge in [0.15, 0.2) is 0 Å². The van der Waals surface area contributed by atoms with Crippen LogP contribution in [0.4, 0.5) is 5.69 Å². The summed E-state index contributed by atoms with van der Waals surface area (Å²) in [6.45, 7) is 0.625. The fourth-order valence-electron chi connectivity index (χ4n) is 2.51. The number of carbonyl (C=O) groups is 1. The molecule has 23 heavy (non-hydrogen) atoms. The van der Waals surface area contributed by atoms with E-state index in [4.69, 9.17) is 4.74 Å². The summed E-state index contributed by atoms with van der Waals surface area (Å²) in [5.41, 5.74) is 2.05. The third-order valence-electron chi connectivity index (χ3n) is 3.77. The number of carboxylic acid groups (broad SMARTS) is 1. The molecule has 0 aromatic heterocycles. The van der Waals surface area contributed by atoms with Gasteiger partial charge in [0, 0.05) is 29.7 Å². The Morgan fingerprint density at radius 1 is 1.17 bits per heavy atom. The summed E-state index contributed by atoms with van der Waals surface area (Å²) in [6.07, 6.45) is 0.0905. The summed E-state index contributed by atoms with van der Waals surface area (Å²) in [5.74, 6) is -0.119. The zero-order valence-corrected chi connectivity index (χ0v) is 14.8. The summed E-state index contributed by atoms with van der Waals surface area (Å²) in [5, 5.41) is 9.22. The molecule has 0 saturated heterocycles. The maximum atomic E-state index is 11.2. The van der Waals surface area contributed by atoms with Gasteiger partial charge in [-0.3, -0.25) is 4.79 Å². The molecular formula is C18H20BrNO3. The number of methoxy groups -OCH3 is 1. The number of nitrogens with zero attached hydrogens (tertiary/aromatic N) is 1. The second kappa shape index (κ2) is 8.02. The summed E-state index contributed by atoms with van der Waals surface area (Å²) in [4.78, 5) is 13.3. The van der Waals surface area contributed by atoms with Crippen LogP contribution in [0.15, 0.2) is 53.0 Å². The maximum Gasteiger partial charge on any atom is 0.304 e. The largest absolute Gasteiger partial charge is 0.497 e. The van der Waals surface area contributed by atoms with Crippen LogP contribution in [0.5, 0.6) is 5.75 Å². The van der Waals surface area contributed by atoms with Gasteiger partial charge in [-0.2, -0.15) is 0 Å². The molecule has 2 rings (SSSR count). The highest BCUT2D eigenvalue weighted by Crippen LogP contribution is 2.26. The van der Waals surface area contributed by atoms with Gasteiger partial charge in [-0.05, 0) is 42.0 Å². The summed E-state index contributed by atoms with van der Waals surface area (Å²) < 4.78 is 6.18. The van der Waals surface area contributed by atoms with E-state index in [1.807, 2.05) is 55.6 Å². The molecule has 0 heterocycles. The first kappa shape index (κ1) is 17.3. The molecule has 0 bridgehead atoms. The number of benzene rings is 2. The molecule has 4 nitrogen and oxygen atoms in total. The van der Waals surface area contributed by atoms with E-state index >= 15 is 0 Å². The molecule has 0 fully saturated rings. The number of ether oxygens (including phenoxy) is 1. The van der Waals surface area contributed by atoms with Crippen LogP contribution >= 0.6 is 15.9 Å². The van der Waals surface area contributed by atoms with Crippen molar-refractivity contribution in [3.8, 4) is 5.75 Å². The van der Waals surface area contributed by atoms with Gasteiger partial charge in [0.1, 0.15) is 5.75 Å². The van der Waals surface area contributed by atoms with E-state index < -0.39 is 5.97 Å². The fraction of sp³-hybridized carbons (Fsp3) is 0.278. The van der Waals surface area contributed by atoms with E-state index in [9.17, 15) is 9.90 Å². The van der Waals surface area contributed by atoms with Crippen molar-refractivity contribution in [1.82, 2.24) is 0 Å². The fourth-order valence-corrected chi connectivity index (χ4v) is 2.77. The highest BCUT2D eigenvalue weighted by atomic mass is 79.9. The minimum Gasteiger partial charge on any atom is -0.497 e. The highest BCUT2D eigenvalue weighted by Gasteiger charge is 2.18. The maximum absolute atomic E-state index is 11.2. The van der Waals surface area contributed by atoms with Crippen LogP contribution in [0, 0.1) is 0 Å². The molecule has 0 radical (unpaired) electrons. The first-order chi connectivity index (χ1) is 11.0. The van der Waals surface area contributed by atoms with Crippen LogP contribution in [0.1, 0.15) is 17.9 Å². The first-order valence-electron chi connectivity index (χ1n) is 7.32. The molecule has 0 aliphatic heterocycles. The number of aliphatic carboxylic acids is 1. The number of halogens is 1. The molecule has 5 heteroatoms. The van der Waals surface area contributed by atoms with Crippen LogP contribution in [0.25, 0.3) is 0 Å². The first-order valence-corrected chi connectivity index (χ1v) is 8.11. The normalized spacial score (nSPS) is 11.8. The average molecular weight is 378 g/mol. The van der Waals surface area contributed by atoms with E-state index in [1.165, 1.54) is 0 Å². The highest BCUT2D eigenvalue weighted by molar-refractivity contribution is 9.10. The van der Waals surface area contributed by atoms with Gasteiger partial charge in [-0.1, -0.05) is 28.1 Å². The minimum atomic E-state index is -0.796. The predicted molar refractivity (Wildman–Crippen MR) is 95.4 cm³/mol. The van der Waals surface area contributed by atoms with Gasteiger partial charge < -0.3 is 14.7 Å². The number of anilines is 1. The van der Waals surface area contributed by atoms with E-state index in [1.54, 1.807) is 7.11 Å². The van der Waals surface area contributed by atoms with E-state index in [-0.39, 0.29) is 12.3 Å². The molecule has 1 N–H and O–H groups in total. The lowest BCUT2D eigenvalue weighted by Gasteiger charge is -2.25. The SMILES string of the molecule is COc1ccc([C@@H](CC(=O)O)CN(C)c2ccc(Br)cc2)cc1. The summed E-state index contributed by atoms with van der Waals surface area (Å²) >= 11 is 3.42. The zero-order chi connectivity index (χ0) is 16.8. The van der Waals surface area contributed by atoms with E-state index in [2.05, 4.69) is 20.8 Å². The third-order valence-corrected chi connectivity index (χ3v) is 4.30. The minimum absolute atomic E-state index is 0.0905. The van der Waals surface area contributed by atoms with Crippen LogP contribution in [-0.4, -0.2) is 31.8 Å². The monoisotopic (exact) mass is 377 g/mol. The quantitative estimate of drug-likeness (QED) is 0.787. The standard InChI is InChI=1S/C18H20BrNO3/c1-20(16-7-5-15(19)6-8-16)12-14(11-18(21)22)13-3-9-17(23-2)10-4-13/h3-10,14H,11-12H2,1-2H3,(H,21,22)/t14-/m0/s1. The van der Waals surface area contributed by atoms with Crippen molar-refractivity contribution in [1.29, 1.82) is 0 Å². The van der Waals surface area contributed by atoms with Gasteiger partial charge in [0.25, 0.3) is 0 Å². The smallest absolute Gasteiger partial charge is 0.304 e. The molecule has 0 unspecified atom stereocenters. The number of hydrogen-bond donors (Lipinski definition) is 1. The lowest BCUT2D eigenvalue weighted by molar-refractivity contribution is -0.137. The molecule has 0 saturated carbocycles. The Bertz CT molecular complexity index is 640. The summed E-state index contributed by atoms with van der Waals surface area (Å²) in [6, 6.07) is 15.6. The van der Waals surface area contributed by atoms with Crippen molar-refractivity contribution in [2.75, 3.05) is 25.6 Å². The molecule has 1 atom stereocenters. The van der Waals surface area contributed by atoms with Crippen LogP contribution in [-0.2, 0) is 4.79 Å². The molecule has 2 aromatic rings. The molecular weight excluding hydrogens is 358 g/mol. The third kappa shape index (κ3) is 4.99. The van der Waals surface area contributed by atoms with Gasteiger partial charge >= 0.3 is 5.97 Å². The second-order valence-corrected chi connectivity index (χ2v) is 6.34. The number of rotatable bonds is 7. The van der Waals surface area contributed by atoms with Crippen molar-refractivity contribution < 1.29 is 14.6 Å². The molecule has 0 aliphatic carbocycles. The number of likely N-dealkylation sites (N-methyl/N-ethyl adjacent to an activating group) is 1. The van der Waals surface area contributed by atoms with E-state index in [0.717, 1.165) is 21.5 Å². The van der Waals surface area contributed by atoms with E-state index in [0.29, 0.717) is 6.54 Å². The van der Waals surface area contributed by atoms with Gasteiger partial charge in [-0.15, -0.1) is 0 Å². The summed E-state index contributed by atoms with van der Waals surface area (Å²) in [7, 11) is 3.59. The van der Waals surface area contributed by atoms with Crippen molar-refractivity contribution in [2.45, 2.75) is 12.3 Å². The number of hydrogen-bond acceptors (Lipinski definition) is 3. The molecule has 0 aliphatic rings. The molecule has 0 spiro atoms. The Balaban J connectivity index is 2.16. The van der Waals surface area contributed by atoms with Gasteiger partial charge in [0.2, 0.25) is 0 Å². The number of carboxylic acids is 1. The van der Waals surface area contributed by atoms with Crippen molar-refractivity contribution in [2.24, 2.45) is 0 Å². The molecule has 0 amide bonds. The van der Waals surface area contributed by atoms with Gasteiger partial charge in [-0.25, -0.2) is 0 Å². The predicted octanol–water partition coefficient (Wildman–Crippen LogP) is 4.15. The van der Waals surface area contributed by atoms with Crippen LogP contribution < -0.4 is 9.64 Å². The second-order valence-electron chi connectivity index (χ2n) is 5.42. The van der Waals surface area contributed by atoms with Crippen molar-refractivity contribution in [3.05, 3.63) is 58.6 Å². The van der Waals surface area contributed by atoms with Crippen LogP contribution in [0.3, 0.4) is 0 Å². The topological polar surface area (TPSA) is 49.8 Å². The van der Waals surface area contributed by atoms with Crippen molar-refractivity contribution >= 4 is 27.6 Å². The zero-order valence-electron chi connectivity index (χ0n) is 13.2. The lowest BCUT2D eigenvalue weighted by Crippen LogP contribution is -2.25. The Kier molecular flexibility index (Phi) is 6.04. The Labute approximate surface area is 144 Å².